The topological polar surface area (TPSA) is 91.3 Å². The molecule has 1 aromatic rings. The fraction of sp³-hybridized carbons (Fsp3) is 0. The van der Waals surface area contributed by atoms with Crippen molar-refractivity contribution in [1.29, 1.82) is 5.26 Å². The van der Waals surface area contributed by atoms with Crippen LogP contribution in [0.3, 0.4) is 0 Å². The molecule has 1 aromatic carbocycles. The molecule has 0 saturated heterocycles. The molecule has 0 aliphatic heterocycles. The summed E-state index contributed by atoms with van der Waals surface area (Å²) >= 11 is 5.71. The first-order valence-electron chi connectivity index (χ1n) is 3.92. The molecule has 0 atom stereocenters. The van der Waals surface area contributed by atoms with Crippen LogP contribution in [-0.4, -0.2) is 11.6 Å². The number of hydrogen-bond donors (Lipinski definition) is 2. The van der Waals surface area contributed by atoms with E-state index in [0.29, 0.717) is 10.7 Å². The van der Waals surface area contributed by atoms with Gasteiger partial charge in [0.25, 0.3) is 5.91 Å². The predicted octanol–water partition coefficient (Wildman–Crippen LogP) is 1.12. The first-order valence-corrected chi connectivity index (χ1v) is 4.30. The number of nitriles is 1. The van der Waals surface area contributed by atoms with Crippen LogP contribution in [0.15, 0.2) is 29.4 Å². The maximum absolute atomic E-state index is 10.6. The monoisotopic (exact) mass is 222 g/mol. The lowest BCUT2D eigenvalue weighted by Crippen LogP contribution is -2.22. The van der Waals surface area contributed by atoms with E-state index in [1.165, 1.54) is 0 Å². The van der Waals surface area contributed by atoms with E-state index in [1.807, 2.05) is 0 Å². The first kappa shape index (κ1) is 11.0. The zero-order valence-electron chi connectivity index (χ0n) is 7.57. The largest absolute Gasteiger partial charge is 0.364 e. The van der Waals surface area contributed by atoms with Crippen molar-refractivity contribution in [2.75, 3.05) is 5.43 Å². The molecule has 1 amide bonds. The van der Waals surface area contributed by atoms with Crippen LogP contribution in [0, 0.1) is 11.3 Å². The quantitative estimate of drug-likeness (QED) is 0.593. The number of carbonyl (C=O) groups excluding carboxylic acids is 1. The molecular weight excluding hydrogens is 216 g/mol. The molecule has 0 heterocycles. The molecule has 0 unspecified atom stereocenters. The van der Waals surface area contributed by atoms with Gasteiger partial charge in [-0.2, -0.15) is 10.4 Å². The van der Waals surface area contributed by atoms with Crippen molar-refractivity contribution in [2.45, 2.75) is 0 Å². The Hall–Kier alpha value is -2.06. The first-order chi connectivity index (χ1) is 7.13. The molecule has 0 fully saturated rings. The number of rotatable bonds is 3. The van der Waals surface area contributed by atoms with Crippen LogP contribution < -0.4 is 11.2 Å². The van der Waals surface area contributed by atoms with Gasteiger partial charge in [0.15, 0.2) is 0 Å². The Morgan fingerprint density at radius 2 is 2.33 bits per heavy atom. The smallest absolute Gasteiger partial charge is 0.280 e. The number of halogens is 1. The molecule has 5 nitrogen and oxygen atoms in total. The summed E-state index contributed by atoms with van der Waals surface area (Å²) in [6, 6.07) is 8.25. The maximum atomic E-state index is 10.6. The third kappa shape index (κ3) is 3.29. The van der Waals surface area contributed by atoms with Gasteiger partial charge in [-0.25, -0.2) is 0 Å². The van der Waals surface area contributed by atoms with Gasteiger partial charge in [-0.3, -0.25) is 10.2 Å². The lowest BCUT2D eigenvalue weighted by atomic mass is 10.3. The van der Waals surface area contributed by atoms with E-state index in [9.17, 15) is 4.79 Å². The third-order valence-corrected chi connectivity index (χ3v) is 1.70. The molecule has 0 aliphatic carbocycles. The van der Waals surface area contributed by atoms with Crippen LogP contribution in [-0.2, 0) is 4.79 Å². The van der Waals surface area contributed by atoms with Crippen molar-refractivity contribution in [3.63, 3.8) is 0 Å². The number of hydrazone groups is 1. The van der Waals surface area contributed by atoms with Crippen LogP contribution in [0.4, 0.5) is 5.69 Å². The summed E-state index contributed by atoms with van der Waals surface area (Å²) in [5, 5.41) is 12.5. The summed E-state index contributed by atoms with van der Waals surface area (Å²) in [4.78, 5) is 10.6. The minimum atomic E-state index is -0.882. The minimum absolute atomic E-state index is 0.394. The number of amides is 1. The van der Waals surface area contributed by atoms with E-state index in [4.69, 9.17) is 22.6 Å². The Bertz CT molecular complexity index is 450. The van der Waals surface area contributed by atoms with Gasteiger partial charge in [-0.1, -0.05) is 17.7 Å². The summed E-state index contributed by atoms with van der Waals surface area (Å²) in [5.41, 5.74) is 7.55. The van der Waals surface area contributed by atoms with Gasteiger partial charge in [0, 0.05) is 5.02 Å². The second kappa shape index (κ2) is 4.98. The SMILES string of the molecule is N#CC(=NNc1cccc(Cl)c1)C(N)=O. The Morgan fingerprint density at radius 1 is 1.60 bits per heavy atom. The highest BCUT2D eigenvalue weighted by atomic mass is 35.5. The van der Waals surface area contributed by atoms with E-state index in [2.05, 4.69) is 10.5 Å². The predicted molar refractivity (Wildman–Crippen MR) is 57.3 cm³/mol. The number of benzene rings is 1. The summed E-state index contributed by atoms with van der Waals surface area (Å²) in [7, 11) is 0. The van der Waals surface area contributed by atoms with E-state index in [1.54, 1.807) is 30.3 Å². The van der Waals surface area contributed by atoms with Crippen molar-refractivity contribution in [3.05, 3.63) is 29.3 Å². The molecule has 0 aromatic heterocycles. The normalized spacial score (nSPS) is 10.5. The van der Waals surface area contributed by atoms with Gasteiger partial charge in [-0.05, 0) is 18.2 Å². The number of anilines is 1. The van der Waals surface area contributed by atoms with Crippen LogP contribution in [0.25, 0.3) is 0 Å². The van der Waals surface area contributed by atoms with Crippen molar-refractivity contribution in [2.24, 2.45) is 10.8 Å². The molecule has 0 radical (unpaired) electrons. The minimum Gasteiger partial charge on any atom is -0.364 e. The molecule has 0 saturated carbocycles. The Labute approximate surface area is 91.1 Å². The van der Waals surface area contributed by atoms with Crippen LogP contribution >= 0.6 is 11.6 Å². The molecule has 76 valence electrons. The number of hydrogen-bond acceptors (Lipinski definition) is 4. The van der Waals surface area contributed by atoms with E-state index < -0.39 is 11.6 Å². The van der Waals surface area contributed by atoms with Gasteiger partial charge in [0.2, 0.25) is 5.71 Å². The molecule has 15 heavy (non-hydrogen) atoms. The standard InChI is InChI=1S/C9H7ClN4O/c10-6-2-1-3-7(4-6)13-14-8(5-11)9(12)15/h1-4,13H,(H2,12,15). The molecule has 0 aliphatic rings. The van der Waals surface area contributed by atoms with Gasteiger partial charge in [-0.15, -0.1) is 0 Å². The Morgan fingerprint density at radius 3 is 2.87 bits per heavy atom. The average Bonchev–Trinajstić information content (AvgIpc) is 2.18. The second-order valence-corrected chi connectivity index (χ2v) is 3.00. The Kier molecular flexibility index (Phi) is 3.66. The van der Waals surface area contributed by atoms with Crippen LogP contribution in [0.5, 0.6) is 0 Å². The van der Waals surface area contributed by atoms with Crippen molar-refractivity contribution < 1.29 is 4.79 Å². The highest BCUT2D eigenvalue weighted by Gasteiger charge is 2.04. The molecule has 1 rings (SSSR count). The lowest BCUT2D eigenvalue weighted by molar-refractivity contribution is -0.111. The van der Waals surface area contributed by atoms with Gasteiger partial charge in [0.05, 0.1) is 5.69 Å². The van der Waals surface area contributed by atoms with Crippen molar-refractivity contribution in [1.82, 2.24) is 0 Å². The van der Waals surface area contributed by atoms with E-state index in [0.717, 1.165) is 0 Å². The van der Waals surface area contributed by atoms with E-state index >= 15 is 0 Å². The number of nitrogens with zero attached hydrogens (tertiary/aromatic N) is 2. The maximum Gasteiger partial charge on any atom is 0.280 e. The third-order valence-electron chi connectivity index (χ3n) is 1.46. The molecular formula is C9H7ClN4O. The summed E-state index contributed by atoms with van der Waals surface area (Å²) < 4.78 is 0. The average molecular weight is 223 g/mol. The summed E-state index contributed by atoms with van der Waals surface area (Å²) in [5.74, 6) is -0.882. The van der Waals surface area contributed by atoms with Crippen molar-refractivity contribution >= 4 is 28.9 Å². The summed E-state index contributed by atoms with van der Waals surface area (Å²) in [6.07, 6.45) is 0. The number of nitrogens with two attached hydrogens (primary N) is 1. The molecule has 0 spiro atoms. The number of nitrogens with one attached hydrogen (secondary N) is 1. The lowest BCUT2D eigenvalue weighted by Gasteiger charge is -1.99. The second-order valence-electron chi connectivity index (χ2n) is 2.56. The zero-order chi connectivity index (χ0) is 11.3. The van der Waals surface area contributed by atoms with E-state index in [-0.39, 0.29) is 0 Å². The highest BCUT2D eigenvalue weighted by Crippen LogP contribution is 2.14. The summed E-state index contributed by atoms with van der Waals surface area (Å²) in [6.45, 7) is 0. The Balaban J connectivity index is 2.80. The number of primary amides is 1. The van der Waals surface area contributed by atoms with Crippen molar-refractivity contribution in [3.8, 4) is 6.07 Å². The highest BCUT2D eigenvalue weighted by molar-refractivity contribution is 6.44. The van der Waals surface area contributed by atoms with Crippen LogP contribution in [0.2, 0.25) is 5.02 Å². The zero-order valence-corrected chi connectivity index (χ0v) is 8.32. The van der Waals surface area contributed by atoms with Gasteiger partial charge >= 0.3 is 0 Å². The number of carbonyl (C=O) groups is 1. The molecule has 0 bridgehead atoms. The van der Waals surface area contributed by atoms with Crippen LogP contribution in [0.1, 0.15) is 0 Å². The van der Waals surface area contributed by atoms with Gasteiger partial charge in [0.1, 0.15) is 6.07 Å². The van der Waals surface area contributed by atoms with Gasteiger partial charge < -0.3 is 5.73 Å². The molecule has 3 N–H and O–H groups in total. The fourth-order valence-corrected chi connectivity index (χ4v) is 1.00. The molecule has 6 heteroatoms. The fourth-order valence-electron chi connectivity index (χ4n) is 0.814.